The van der Waals surface area contributed by atoms with E-state index in [1.807, 2.05) is 0 Å². The molecule has 24 heavy (non-hydrogen) atoms. The van der Waals surface area contributed by atoms with Crippen LogP contribution in [0.1, 0.15) is 0 Å². The molecule has 0 radical (unpaired) electrons. The van der Waals surface area contributed by atoms with Gasteiger partial charge >= 0.3 is 0 Å². The number of benzene rings is 2. The van der Waals surface area contributed by atoms with Crippen molar-refractivity contribution in [2.75, 3.05) is 14.1 Å². The lowest BCUT2D eigenvalue weighted by Gasteiger charge is -2.17. The second-order valence-electron chi connectivity index (χ2n) is 5.11. The fourth-order valence-corrected chi connectivity index (χ4v) is 5.01. The second-order valence-corrected chi connectivity index (χ2v) is 10.6. The second kappa shape index (κ2) is 6.85. The molecule has 2 aromatic carbocycles. The van der Waals surface area contributed by atoms with Crippen molar-refractivity contribution in [1.29, 1.82) is 0 Å². The number of sulfonamides is 2. The highest BCUT2D eigenvalue weighted by atomic mass is 79.9. The average Bonchev–Trinajstić information content (AvgIpc) is 2.46. The molecule has 0 bridgehead atoms. The third-order valence-corrected chi connectivity index (χ3v) is 7.03. The summed E-state index contributed by atoms with van der Waals surface area (Å²) in [6.07, 6.45) is 0. The van der Waals surface area contributed by atoms with Gasteiger partial charge < -0.3 is 0 Å². The predicted molar refractivity (Wildman–Crippen MR) is 99.5 cm³/mol. The molecule has 0 aliphatic rings. The number of rotatable bonds is 4. The minimum Gasteiger partial charge on any atom is -0.225 e. The van der Waals surface area contributed by atoms with Gasteiger partial charge in [-0.1, -0.05) is 44.0 Å². The van der Waals surface area contributed by atoms with Crippen LogP contribution in [0.4, 0.5) is 0 Å². The molecule has 2 rings (SSSR count). The summed E-state index contributed by atoms with van der Waals surface area (Å²) in [6.45, 7) is 0. The molecule has 0 saturated carbocycles. The van der Waals surface area contributed by atoms with Crippen molar-refractivity contribution < 1.29 is 16.8 Å². The fourth-order valence-electron chi connectivity index (χ4n) is 2.08. The van der Waals surface area contributed by atoms with Gasteiger partial charge in [-0.3, -0.25) is 0 Å². The highest BCUT2D eigenvalue weighted by Crippen LogP contribution is 2.36. The Balaban J connectivity index is 2.91. The zero-order chi connectivity index (χ0) is 18.3. The van der Waals surface area contributed by atoms with E-state index < -0.39 is 20.0 Å². The Bertz CT molecular complexity index is 1000. The third-order valence-electron chi connectivity index (χ3n) is 3.24. The Kier molecular flexibility index (Phi) is 5.58. The molecule has 0 heterocycles. The summed E-state index contributed by atoms with van der Waals surface area (Å²) >= 11 is 6.45. The van der Waals surface area contributed by atoms with Crippen LogP contribution in [0.5, 0.6) is 0 Å². The Morgan fingerprint density at radius 1 is 0.833 bits per heavy atom. The molecule has 6 nitrogen and oxygen atoms in total. The zero-order valence-electron chi connectivity index (χ0n) is 12.7. The first-order valence-corrected chi connectivity index (χ1v) is 11.1. The van der Waals surface area contributed by atoms with Crippen LogP contribution < -0.4 is 5.14 Å². The minimum atomic E-state index is -4.05. The molecule has 2 N–H and O–H groups in total. The van der Waals surface area contributed by atoms with Crippen LogP contribution in [0.3, 0.4) is 0 Å². The summed E-state index contributed by atoms with van der Waals surface area (Å²) in [7, 11) is -5.03. The first-order chi connectivity index (χ1) is 10.9. The number of hydrogen-bond donors (Lipinski definition) is 1. The van der Waals surface area contributed by atoms with E-state index in [1.54, 1.807) is 18.2 Å². The Morgan fingerprint density at radius 2 is 1.25 bits per heavy atom. The maximum absolute atomic E-state index is 12.6. The van der Waals surface area contributed by atoms with Crippen molar-refractivity contribution in [3.63, 3.8) is 0 Å². The molecular weight excluding hydrogens is 484 g/mol. The van der Waals surface area contributed by atoms with Crippen molar-refractivity contribution in [3.8, 4) is 11.1 Å². The van der Waals surface area contributed by atoms with Crippen LogP contribution in [-0.2, 0) is 20.0 Å². The lowest BCUT2D eigenvalue weighted by molar-refractivity contribution is 0.521. The summed E-state index contributed by atoms with van der Waals surface area (Å²) in [6, 6.07) is 9.09. The molecule has 0 unspecified atom stereocenters. The molecule has 0 amide bonds. The van der Waals surface area contributed by atoms with Crippen LogP contribution in [0.15, 0.2) is 55.1 Å². The molecule has 0 aliphatic heterocycles. The first-order valence-electron chi connectivity index (χ1n) is 6.49. The summed E-state index contributed by atoms with van der Waals surface area (Å²) < 4.78 is 51.2. The van der Waals surface area contributed by atoms with Crippen molar-refractivity contribution >= 4 is 51.9 Å². The standard InChI is InChI=1S/C14H14Br2N2O4S2/c1-18(2)24(21,22)14-8-10(16)4-6-12(14)11-5-3-9(15)7-13(11)23(17,19)20/h3-8H,1-2H3,(H2,17,19,20). The number of nitrogens with two attached hydrogens (primary N) is 1. The Morgan fingerprint density at radius 3 is 1.67 bits per heavy atom. The van der Waals surface area contributed by atoms with Crippen molar-refractivity contribution in [1.82, 2.24) is 4.31 Å². The SMILES string of the molecule is CN(C)S(=O)(=O)c1cc(Br)ccc1-c1ccc(Br)cc1S(N)(=O)=O. The molecule has 0 saturated heterocycles. The number of hydrogen-bond acceptors (Lipinski definition) is 4. The van der Waals surface area contributed by atoms with Gasteiger partial charge in [-0.25, -0.2) is 26.3 Å². The lowest BCUT2D eigenvalue weighted by atomic mass is 10.1. The monoisotopic (exact) mass is 496 g/mol. The highest BCUT2D eigenvalue weighted by Gasteiger charge is 2.25. The largest absolute Gasteiger partial charge is 0.243 e. The van der Waals surface area contributed by atoms with E-state index in [9.17, 15) is 16.8 Å². The van der Waals surface area contributed by atoms with Gasteiger partial charge in [0.25, 0.3) is 0 Å². The normalized spacial score (nSPS) is 12.6. The van der Waals surface area contributed by atoms with Crippen LogP contribution in [0.2, 0.25) is 0 Å². The summed E-state index contributed by atoms with van der Waals surface area (Å²) in [5.74, 6) is 0. The number of nitrogens with zero attached hydrogens (tertiary/aromatic N) is 1. The maximum atomic E-state index is 12.6. The molecule has 0 aromatic heterocycles. The molecule has 2 aromatic rings. The van der Waals surface area contributed by atoms with E-state index in [-0.39, 0.29) is 20.9 Å². The van der Waals surface area contributed by atoms with Crippen LogP contribution in [-0.4, -0.2) is 35.2 Å². The van der Waals surface area contributed by atoms with Gasteiger partial charge in [-0.15, -0.1) is 0 Å². The fraction of sp³-hybridized carbons (Fsp3) is 0.143. The van der Waals surface area contributed by atoms with E-state index in [2.05, 4.69) is 31.9 Å². The molecule has 130 valence electrons. The Labute approximate surface area is 158 Å². The Hall–Kier alpha value is -0.780. The van der Waals surface area contributed by atoms with Crippen LogP contribution in [0, 0.1) is 0 Å². The van der Waals surface area contributed by atoms with E-state index in [0.29, 0.717) is 8.95 Å². The van der Waals surface area contributed by atoms with Crippen molar-refractivity contribution in [3.05, 3.63) is 45.3 Å². The van der Waals surface area contributed by atoms with Gasteiger partial charge in [-0.05, 0) is 24.3 Å². The van der Waals surface area contributed by atoms with Crippen molar-refractivity contribution in [2.45, 2.75) is 9.79 Å². The topological polar surface area (TPSA) is 97.5 Å². The molecule has 0 aliphatic carbocycles. The highest BCUT2D eigenvalue weighted by molar-refractivity contribution is 9.10. The molecule has 0 atom stereocenters. The average molecular weight is 498 g/mol. The lowest BCUT2D eigenvalue weighted by Crippen LogP contribution is -2.23. The molecule has 10 heteroatoms. The predicted octanol–water partition coefficient (Wildman–Crippen LogP) is 2.78. The van der Waals surface area contributed by atoms with E-state index in [1.165, 1.54) is 32.3 Å². The molecule has 0 fully saturated rings. The van der Waals surface area contributed by atoms with Gasteiger partial charge in [0.1, 0.15) is 0 Å². The van der Waals surface area contributed by atoms with Crippen LogP contribution in [0.25, 0.3) is 11.1 Å². The van der Waals surface area contributed by atoms with Crippen molar-refractivity contribution in [2.24, 2.45) is 5.14 Å². The van der Waals surface area contributed by atoms with Gasteiger partial charge in [0.2, 0.25) is 20.0 Å². The van der Waals surface area contributed by atoms with Gasteiger partial charge in [-0.2, -0.15) is 0 Å². The summed E-state index contributed by atoms with van der Waals surface area (Å²) in [4.78, 5) is -0.177. The summed E-state index contributed by atoms with van der Waals surface area (Å²) in [5, 5.41) is 5.29. The minimum absolute atomic E-state index is 0.0194. The molecule has 0 spiro atoms. The quantitative estimate of drug-likeness (QED) is 0.702. The van der Waals surface area contributed by atoms with E-state index >= 15 is 0 Å². The van der Waals surface area contributed by atoms with E-state index in [4.69, 9.17) is 5.14 Å². The first kappa shape index (κ1) is 19.5. The zero-order valence-corrected chi connectivity index (χ0v) is 17.5. The van der Waals surface area contributed by atoms with Gasteiger partial charge in [0.15, 0.2) is 0 Å². The number of halogens is 2. The summed E-state index contributed by atoms with van der Waals surface area (Å²) in [5.41, 5.74) is 0.469. The number of primary sulfonamides is 1. The smallest absolute Gasteiger partial charge is 0.225 e. The van der Waals surface area contributed by atoms with Crippen LogP contribution >= 0.6 is 31.9 Å². The third kappa shape index (κ3) is 3.89. The van der Waals surface area contributed by atoms with Gasteiger partial charge in [0.05, 0.1) is 9.79 Å². The maximum Gasteiger partial charge on any atom is 0.243 e. The van der Waals surface area contributed by atoms with E-state index in [0.717, 1.165) is 4.31 Å². The molecular formula is C14H14Br2N2O4S2. The van der Waals surface area contributed by atoms with Gasteiger partial charge in [0, 0.05) is 34.2 Å².